The Morgan fingerprint density at radius 1 is 0.712 bits per heavy atom. The van der Waals surface area contributed by atoms with Gasteiger partial charge in [-0.05, 0) is 37.9 Å². The molecule has 0 unspecified atom stereocenters. The van der Waals surface area contributed by atoms with Gasteiger partial charge in [-0.25, -0.2) is 24.2 Å². The van der Waals surface area contributed by atoms with E-state index in [0.29, 0.717) is 0 Å². The third-order valence-corrected chi connectivity index (χ3v) is 6.83. The van der Waals surface area contributed by atoms with Crippen molar-refractivity contribution in [2.45, 2.75) is 70.0 Å². The van der Waals surface area contributed by atoms with Gasteiger partial charge in [0.1, 0.15) is 5.82 Å². The van der Waals surface area contributed by atoms with Crippen molar-refractivity contribution in [3.8, 4) is 0 Å². The number of halogens is 12. The van der Waals surface area contributed by atoms with Crippen LogP contribution in [0, 0.1) is 6.92 Å². The Balaban J connectivity index is 0.000000764. The number of fused-ring (bicyclic) bond motifs is 2. The van der Waals surface area contributed by atoms with Gasteiger partial charge >= 0.3 is 48.6 Å². The summed E-state index contributed by atoms with van der Waals surface area (Å²) in [4.78, 5) is 49.9. The van der Waals surface area contributed by atoms with Crippen LogP contribution in [0.2, 0.25) is 0 Å². The molecule has 4 heterocycles. The van der Waals surface area contributed by atoms with Crippen LogP contribution in [-0.2, 0) is 37.8 Å². The van der Waals surface area contributed by atoms with Gasteiger partial charge in [-0.15, -0.1) is 0 Å². The number of hydrogen-bond acceptors (Lipinski definition) is 8. The molecule has 1 spiro atoms. The third-order valence-electron chi connectivity index (χ3n) is 6.83. The van der Waals surface area contributed by atoms with E-state index in [4.69, 9.17) is 44.6 Å². The van der Waals surface area contributed by atoms with Gasteiger partial charge in [0, 0.05) is 57.0 Å². The number of imidazole rings is 1. The smallest absolute Gasteiger partial charge is 0.475 e. The number of alkyl halides is 12. The highest BCUT2D eigenvalue weighted by Crippen LogP contribution is 2.41. The monoisotopic (exact) mass is 781 g/mol. The van der Waals surface area contributed by atoms with E-state index in [9.17, 15) is 52.7 Å². The molecule has 1 saturated heterocycles. The Kier molecular flexibility index (Phi) is 17.5. The van der Waals surface area contributed by atoms with E-state index in [-0.39, 0.29) is 5.54 Å². The fraction of sp³-hybridized carbons (Fsp3) is 0.556. The van der Waals surface area contributed by atoms with Gasteiger partial charge in [-0.2, -0.15) is 52.7 Å². The van der Waals surface area contributed by atoms with Crippen LogP contribution < -0.4 is 0 Å². The molecule has 0 aliphatic carbocycles. The van der Waals surface area contributed by atoms with E-state index < -0.39 is 48.6 Å². The van der Waals surface area contributed by atoms with E-state index in [1.54, 1.807) is 0 Å². The molecule has 4 rings (SSSR count). The molecule has 0 atom stereocenters. The number of carbonyl (C=O) groups is 4. The molecular formula is C27H31F12N5O8. The third kappa shape index (κ3) is 15.7. The molecule has 4 N–H and O–H groups in total. The van der Waals surface area contributed by atoms with Crippen LogP contribution in [0.1, 0.15) is 36.8 Å². The molecule has 2 aromatic heterocycles. The lowest BCUT2D eigenvalue weighted by Crippen LogP contribution is -2.57. The van der Waals surface area contributed by atoms with Crippen LogP contribution in [-0.4, -0.2) is 120 Å². The summed E-state index contributed by atoms with van der Waals surface area (Å²) in [5.74, 6) is -9.73. The maximum atomic E-state index is 10.6. The SMILES string of the molecule is CCN1CCn2c(C)cnc2C12CCN(Cc1cccnc1)CC2.O=C(O)C(F)(F)F.O=C(O)C(F)(F)F.O=C(O)C(F)(F)F.O=C(O)C(F)(F)F. The van der Waals surface area contributed by atoms with Crippen molar-refractivity contribution < 1.29 is 92.3 Å². The standard InChI is InChI=1S/C19H27N5.4C2HF3O2/c1-3-23-11-12-24-16(2)13-21-18(24)19(23)6-9-22(10-7-19)15-17-5-4-8-20-14-17;4*3-2(4,5)1(6)7/h4-5,8,13-14H,3,6-7,9-12,15H2,1-2H3;4*(H,6,7). The minimum Gasteiger partial charge on any atom is -0.475 e. The molecule has 13 nitrogen and oxygen atoms in total. The largest absolute Gasteiger partial charge is 0.490 e. The first-order valence-corrected chi connectivity index (χ1v) is 14.1. The summed E-state index contributed by atoms with van der Waals surface area (Å²) >= 11 is 0. The number of piperidine rings is 1. The molecule has 0 bridgehead atoms. The average Bonchev–Trinajstić information content (AvgIpc) is 3.40. The zero-order chi connectivity index (χ0) is 40.9. The van der Waals surface area contributed by atoms with Gasteiger partial charge in [-0.1, -0.05) is 13.0 Å². The Labute approximate surface area is 285 Å². The predicted molar refractivity (Wildman–Crippen MR) is 149 cm³/mol. The van der Waals surface area contributed by atoms with Crippen molar-refractivity contribution in [3.05, 3.63) is 47.8 Å². The number of aliphatic carboxylic acids is 4. The number of hydrogen-bond donors (Lipinski definition) is 4. The van der Waals surface area contributed by atoms with Crippen LogP contribution in [0.4, 0.5) is 52.7 Å². The molecule has 0 amide bonds. The Hall–Kier alpha value is -4.68. The molecule has 52 heavy (non-hydrogen) atoms. The molecule has 1 fully saturated rings. The maximum absolute atomic E-state index is 10.6. The zero-order valence-corrected chi connectivity index (χ0v) is 26.7. The van der Waals surface area contributed by atoms with Gasteiger partial charge in [0.2, 0.25) is 0 Å². The lowest BCUT2D eigenvalue weighted by molar-refractivity contribution is -0.193. The number of carboxylic acids is 4. The minimum atomic E-state index is -5.08. The number of aromatic nitrogens is 3. The number of rotatable bonds is 3. The average molecular weight is 782 g/mol. The van der Waals surface area contributed by atoms with Crippen LogP contribution in [0.3, 0.4) is 0 Å². The zero-order valence-electron chi connectivity index (χ0n) is 26.7. The van der Waals surface area contributed by atoms with Crippen molar-refractivity contribution >= 4 is 23.9 Å². The molecule has 2 aliphatic heterocycles. The summed E-state index contributed by atoms with van der Waals surface area (Å²) in [6, 6.07) is 4.20. The molecule has 25 heteroatoms. The van der Waals surface area contributed by atoms with E-state index >= 15 is 0 Å². The number of likely N-dealkylation sites (N-methyl/N-ethyl adjacent to an activating group) is 1. The summed E-state index contributed by atoms with van der Waals surface area (Å²) < 4.78 is 129. The fourth-order valence-electron chi connectivity index (χ4n) is 4.52. The first-order valence-electron chi connectivity index (χ1n) is 14.1. The quantitative estimate of drug-likeness (QED) is 0.308. The Morgan fingerprint density at radius 3 is 1.44 bits per heavy atom. The summed E-state index contributed by atoms with van der Waals surface area (Å²) in [6.07, 6.45) is -12.1. The van der Waals surface area contributed by atoms with Crippen molar-refractivity contribution in [1.82, 2.24) is 24.3 Å². The normalized spacial score (nSPS) is 15.8. The Bertz CT molecular complexity index is 1360. The molecule has 0 radical (unpaired) electrons. The van der Waals surface area contributed by atoms with E-state index in [1.807, 2.05) is 18.5 Å². The van der Waals surface area contributed by atoms with Gasteiger partial charge < -0.3 is 25.0 Å². The minimum absolute atomic E-state index is 0.132. The van der Waals surface area contributed by atoms with Crippen LogP contribution in [0.5, 0.6) is 0 Å². The van der Waals surface area contributed by atoms with Crippen molar-refractivity contribution in [1.29, 1.82) is 0 Å². The van der Waals surface area contributed by atoms with Crippen molar-refractivity contribution in [3.63, 3.8) is 0 Å². The second-order valence-electron chi connectivity index (χ2n) is 10.3. The molecule has 2 aliphatic rings. The van der Waals surface area contributed by atoms with Gasteiger partial charge in [-0.3, -0.25) is 14.8 Å². The predicted octanol–water partition coefficient (Wildman–Crippen LogP) is 4.95. The molecule has 0 saturated carbocycles. The highest BCUT2D eigenvalue weighted by Gasteiger charge is 2.46. The van der Waals surface area contributed by atoms with Gasteiger partial charge in [0.05, 0.1) is 5.54 Å². The molecule has 296 valence electrons. The summed E-state index contributed by atoms with van der Waals surface area (Å²) in [7, 11) is 0. The molecule has 2 aromatic rings. The summed E-state index contributed by atoms with van der Waals surface area (Å²) in [5.41, 5.74) is 2.74. The second kappa shape index (κ2) is 19.2. The topological polar surface area (TPSA) is 186 Å². The van der Waals surface area contributed by atoms with E-state index in [1.165, 1.54) is 17.1 Å². The van der Waals surface area contributed by atoms with Gasteiger partial charge in [0.15, 0.2) is 0 Å². The van der Waals surface area contributed by atoms with Crippen molar-refractivity contribution in [2.75, 3.05) is 26.2 Å². The number of likely N-dealkylation sites (tertiary alicyclic amines) is 1. The summed E-state index contributed by atoms with van der Waals surface area (Å²) in [5, 5.41) is 28.5. The number of aryl methyl sites for hydroxylation is 1. The lowest BCUT2D eigenvalue weighted by Gasteiger charge is -2.50. The molecular weight excluding hydrogens is 750 g/mol. The fourth-order valence-corrected chi connectivity index (χ4v) is 4.52. The van der Waals surface area contributed by atoms with Crippen LogP contribution >= 0.6 is 0 Å². The van der Waals surface area contributed by atoms with Crippen LogP contribution in [0.25, 0.3) is 0 Å². The number of carboxylic acid groups (broad SMARTS) is 4. The second-order valence-corrected chi connectivity index (χ2v) is 10.3. The maximum Gasteiger partial charge on any atom is 0.490 e. The highest BCUT2D eigenvalue weighted by molar-refractivity contribution is 5.74. The first kappa shape index (κ1) is 47.3. The van der Waals surface area contributed by atoms with E-state index in [0.717, 1.165) is 52.1 Å². The number of pyridine rings is 1. The van der Waals surface area contributed by atoms with Gasteiger partial charge in [0.25, 0.3) is 0 Å². The first-order chi connectivity index (χ1) is 23.5. The van der Waals surface area contributed by atoms with E-state index in [2.05, 4.69) is 45.5 Å². The molecule has 0 aromatic carbocycles. The highest BCUT2D eigenvalue weighted by atomic mass is 19.4. The number of nitrogens with zero attached hydrogens (tertiary/aromatic N) is 5. The van der Waals surface area contributed by atoms with Crippen LogP contribution in [0.15, 0.2) is 30.7 Å². The van der Waals surface area contributed by atoms with Crippen molar-refractivity contribution in [2.24, 2.45) is 0 Å². The lowest BCUT2D eigenvalue weighted by atomic mass is 9.83. The Morgan fingerprint density at radius 2 is 1.12 bits per heavy atom. The summed E-state index contributed by atoms with van der Waals surface area (Å²) in [6.45, 7) is 11.0.